The van der Waals surface area contributed by atoms with Crippen LogP contribution in [0, 0.1) is 29.5 Å². The molecule has 0 atom stereocenters. The van der Waals surface area contributed by atoms with Gasteiger partial charge >= 0.3 is 6.18 Å². The van der Waals surface area contributed by atoms with E-state index in [1.54, 1.807) is 59.4 Å². The number of alkyl halides is 4. The van der Waals surface area contributed by atoms with E-state index in [2.05, 4.69) is 105 Å². The van der Waals surface area contributed by atoms with Crippen LogP contribution in [0.15, 0.2) is 147 Å². The molecule has 4 aliphatic carbocycles. The quantitative estimate of drug-likeness (QED) is 0.0347. The summed E-state index contributed by atoms with van der Waals surface area (Å²) in [7, 11) is -8.95. The zero-order valence-corrected chi connectivity index (χ0v) is 71.3. The lowest BCUT2D eigenvalue weighted by Gasteiger charge is -2.32. The van der Waals surface area contributed by atoms with E-state index in [1.165, 1.54) is 170 Å². The Kier molecular flexibility index (Phi) is 31.1. The number of para-hydroxylation sites is 1. The minimum Gasteiger partial charge on any atom is -0.371 e. The molecule has 0 bridgehead atoms. The monoisotopic (exact) mass is 1740 g/mol. The Morgan fingerprint density at radius 3 is 1.08 bits per heavy atom. The molecule has 0 amide bonds. The molecule has 1 aliphatic heterocycles. The van der Waals surface area contributed by atoms with Crippen LogP contribution in [0.5, 0.6) is 0 Å². The van der Waals surface area contributed by atoms with Crippen molar-refractivity contribution in [2.75, 3.05) is 52.9 Å². The Labute approximate surface area is 698 Å². The van der Waals surface area contributed by atoms with E-state index in [0.717, 1.165) is 104 Å². The van der Waals surface area contributed by atoms with Gasteiger partial charge in [0.2, 0.25) is 63.4 Å². The summed E-state index contributed by atoms with van der Waals surface area (Å²) in [6, 6.07) is 36.9. The molecule has 0 unspecified atom stereocenters. The van der Waals surface area contributed by atoms with Gasteiger partial charge in [0, 0.05) is 41.0 Å². The molecule has 38 heteroatoms. The topological polar surface area (TPSA) is 362 Å². The number of sulfonamides is 4. The van der Waals surface area contributed by atoms with Crippen LogP contribution in [0.2, 0.25) is 0 Å². The smallest absolute Gasteiger partial charge is 0.371 e. The zero-order chi connectivity index (χ0) is 85.0. The zero-order valence-electron chi connectivity index (χ0n) is 68.0. The van der Waals surface area contributed by atoms with Gasteiger partial charge in [-0.1, -0.05) is 183 Å². The third-order valence-electron chi connectivity index (χ3n) is 23.1. The number of benzene rings is 6. The fourth-order valence-corrected chi connectivity index (χ4v) is 19.5. The van der Waals surface area contributed by atoms with Crippen LogP contribution >= 0.6 is 0 Å². The minimum atomic E-state index is -4.47. The predicted octanol–water partition coefficient (Wildman–Crippen LogP) is 13.0. The second-order valence-electron chi connectivity index (χ2n) is 31.4. The molecule has 0 spiro atoms. The second-order valence-corrected chi connectivity index (χ2v) is 38.9. The van der Waals surface area contributed by atoms with Crippen LogP contribution in [0.3, 0.4) is 0 Å². The van der Waals surface area contributed by atoms with Gasteiger partial charge < -0.3 is 4.90 Å². The van der Waals surface area contributed by atoms with Gasteiger partial charge in [0.25, 0.3) is 0 Å². The highest BCUT2D eigenvalue weighted by Gasteiger charge is 2.32. The molecular weight excluding hydrogens is 1630 g/mol. The SMILES string of the molecule is CNS(=O)(=O)c1ccc(CC2CCCCC2)c(-c2nnn(C3CCN(c4ccccc4)CC3)n2)c1.CNS(=O)(=O)c1ccc(CC2CCCCC2)c(-c2nnn(CC(F)(F)F)n2)c1.CNS(=O)(=O)c1ccc(CC2CCCCC2)c(-c2nnn(CCF)n2)c1.CNS(=O)(=O)c1ccc(CC2CCCCC2)c(-c2nnn(Cc3ccc(F)cc3)n2)c1. The Hall–Kier alpha value is -9.31. The van der Waals surface area contributed by atoms with Gasteiger partial charge in [0.15, 0.2) is 6.54 Å². The summed E-state index contributed by atoms with van der Waals surface area (Å²) in [5, 5.41) is 49.5. The van der Waals surface area contributed by atoms with E-state index in [-0.39, 0.29) is 43.8 Å². The number of tetrazole rings is 4. The summed E-state index contributed by atoms with van der Waals surface area (Å²) in [6.45, 7) is 0.313. The molecule has 29 nitrogen and oxygen atoms in total. The van der Waals surface area contributed by atoms with Gasteiger partial charge in [-0.05, 0) is 212 Å². The molecule has 646 valence electrons. The molecule has 4 saturated carbocycles. The van der Waals surface area contributed by atoms with Crippen LogP contribution in [-0.2, 0) is 85.4 Å². The summed E-state index contributed by atoms with van der Waals surface area (Å²) >= 11 is 0. The molecule has 0 radical (unpaired) electrons. The normalized spacial score (nSPS) is 16.6. The second kappa shape index (κ2) is 41.5. The highest BCUT2D eigenvalue weighted by Crippen LogP contribution is 2.38. The maximum absolute atomic E-state index is 13.1. The first kappa shape index (κ1) is 89.9. The van der Waals surface area contributed by atoms with Gasteiger partial charge in [-0.25, -0.2) is 61.3 Å². The lowest BCUT2D eigenvalue weighted by atomic mass is 9.84. The van der Waals surface area contributed by atoms with Crippen molar-refractivity contribution >= 4 is 45.8 Å². The number of aryl methyl sites for hydroxylation is 1. The molecule has 5 aliphatic rings. The summed E-state index contributed by atoms with van der Waals surface area (Å²) in [4.78, 5) is 7.80. The van der Waals surface area contributed by atoms with E-state index >= 15 is 0 Å². The van der Waals surface area contributed by atoms with Crippen LogP contribution in [-0.4, -0.2) is 169 Å². The summed E-state index contributed by atoms with van der Waals surface area (Å²) in [5.74, 6) is 3.14. The van der Waals surface area contributed by atoms with E-state index in [4.69, 9.17) is 5.10 Å². The highest BCUT2D eigenvalue weighted by molar-refractivity contribution is 7.90. The van der Waals surface area contributed by atoms with Gasteiger partial charge in [-0.15, -0.1) is 40.8 Å². The number of piperidine rings is 1. The van der Waals surface area contributed by atoms with Gasteiger partial charge in [-0.2, -0.15) is 32.4 Å². The van der Waals surface area contributed by atoms with E-state index in [9.17, 15) is 55.6 Å². The summed E-state index contributed by atoms with van der Waals surface area (Å²) in [5.41, 5.74) is 8.56. The van der Waals surface area contributed by atoms with E-state index in [0.29, 0.717) is 75.6 Å². The number of hydrogen-bond acceptors (Lipinski definition) is 21. The number of aromatic nitrogens is 16. The number of hydrogen-bond donors (Lipinski definition) is 4. The minimum absolute atomic E-state index is 0.00423. The van der Waals surface area contributed by atoms with Crippen molar-refractivity contribution in [2.45, 2.75) is 218 Å². The predicted molar refractivity (Wildman–Crippen MR) is 444 cm³/mol. The largest absolute Gasteiger partial charge is 0.409 e. The van der Waals surface area contributed by atoms with Gasteiger partial charge in [0.1, 0.15) is 12.5 Å². The average molecular weight is 1740 g/mol. The van der Waals surface area contributed by atoms with Crippen molar-refractivity contribution in [3.05, 3.63) is 161 Å². The summed E-state index contributed by atoms with van der Waals surface area (Å²) < 4.78 is 171. The first-order valence-electron chi connectivity index (χ1n) is 41.3. The highest BCUT2D eigenvalue weighted by atomic mass is 32.2. The lowest BCUT2D eigenvalue weighted by Crippen LogP contribution is -2.35. The molecule has 1 saturated heterocycles. The molecule has 5 fully saturated rings. The van der Waals surface area contributed by atoms with Crippen molar-refractivity contribution in [2.24, 2.45) is 23.7 Å². The Morgan fingerprint density at radius 1 is 0.392 bits per heavy atom. The molecule has 6 aromatic carbocycles. The molecule has 4 N–H and O–H groups in total. The standard InChI is InChI=1S/C26H34N6O2S.C22H26FN5O2S.C17H22F3N5O2S.C17H24FN5O2S/c1-27-35(33,34)24-13-12-21(18-20-8-4-2-5-9-20)25(19-24)26-28-30-32(29-26)23-14-16-31(17-15-23)22-10-6-3-7-11-22;1-24-31(29,30)20-12-9-18(13-16-5-3-2-4-6-16)21(14-20)22-25-27-28(26-22)15-17-7-10-19(23)11-8-17;1-21-28(26,27)14-8-7-13(9-12-5-3-2-4-6-12)15(10-14)16-22-24-25(23-16)11-17(18,19)20;1-19-26(24,25)15-8-7-14(11-13-5-3-2-4-6-13)16(12-15)17-20-22-23(21-17)10-9-18/h3,6-7,10-13,19-20,23,27H,2,4-5,8-9,14-18H2,1H3;7-12,14,16,24H,2-6,13,15H2,1H3;7-8,10,12,21H,2-6,9,11H2,1H3;7-8,12-13,19H,2-6,9-11H2,1H3. The van der Waals surface area contributed by atoms with Gasteiger partial charge in [-0.3, -0.25) is 0 Å². The molecule has 4 aromatic heterocycles. The molecule has 15 rings (SSSR count). The number of rotatable bonds is 27. The molecule has 120 heavy (non-hydrogen) atoms. The van der Waals surface area contributed by atoms with Crippen molar-refractivity contribution in [1.29, 1.82) is 0 Å². The Balaban J connectivity index is 0.000000148. The maximum atomic E-state index is 13.1. The van der Waals surface area contributed by atoms with Crippen molar-refractivity contribution in [1.82, 2.24) is 99.7 Å². The number of halogens is 5. The van der Waals surface area contributed by atoms with E-state index < -0.39 is 59.5 Å². The van der Waals surface area contributed by atoms with Crippen molar-refractivity contribution in [3.63, 3.8) is 0 Å². The fourth-order valence-electron chi connectivity index (χ4n) is 16.5. The molecule has 10 aromatic rings. The lowest BCUT2D eigenvalue weighted by molar-refractivity contribution is -0.145. The van der Waals surface area contributed by atoms with Crippen LogP contribution < -0.4 is 23.8 Å². The van der Waals surface area contributed by atoms with Gasteiger partial charge in [0.05, 0.1) is 38.7 Å². The van der Waals surface area contributed by atoms with Crippen LogP contribution in [0.4, 0.5) is 27.6 Å². The fraction of sp³-hybridized carbons (Fsp3) is 0.512. The molecule has 5 heterocycles. The van der Waals surface area contributed by atoms with E-state index in [1.807, 2.05) is 24.3 Å². The van der Waals surface area contributed by atoms with Crippen molar-refractivity contribution < 1.29 is 55.6 Å². The van der Waals surface area contributed by atoms with Crippen molar-refractivity contribution in [3.8, 4) is 45.6 Å². The first-order chi connectivity index (χ1) is 57.7. The Bertz CT molecular complexity index is 5480. The maximum Gasteiger partial charge on any atom is 0.409 e. The number of anilines is 1. The van der Waals surface area contributed by atoms with Crippen LogP contribution in [0.1, 0.15) is 175 Å². The third-order valence-corrected chi connectivity index (χ3v) is 28.7. The average Bonchev–Trinajstić information content (AvgIpc) is 1.49. The Morgan fingerprint density at radius 2 is 0.725 bits per heavy atom. The summed E-state index contributed by atoms with van der Waals surface area (Å²) in [6.07, 6.45) is 24.9. The van der Waals surface area contributed by atoms with Crippen LogP contribution in [0.25, 0.3) is 45.6 Å². The third kappa shape index (κ3) is 24.5. The molecular formula is C82H106F5N21O8S4. The number of nitrogens with one attached hydrogen (secondary N) is 4. The number of nitrogens with zero attached hydrogens (tertiary/aromatic N) is 17. The first-order valence-corrected chi connectivity index (χ1v) is 47.2.